The molecule has 0 atom stereocenters. The van der Waals surface area contributed by atoms with Crippen molar-refractivity contribution in [1.82, 2.24) is 0 Å². The third-order valence-electron chi connectivity index (χ3n) is 2.38. The number of rotatable bonds is 5. The molecule has 0 radical (unpaired) electrons. The molecule has 0 saturated heterocycles. The third kappa shape index (κ3) is 3.41. The SMILES string of the molecule is COc1cc(C=O)cc(Cl)c1OCc1ccc(Cl)s1. The molecule has 0 unspecified atom stereocenters. The molecule has 0 aliphatic carbocycles. The van der Waals surface area contributed by atoms with E-state index in [0.29, 0.717) is 39.3 Å². The summed E-state index contributed by atoms with van der Waals surface area (Å²) < 4.78 is 11.5. The van der Waals surface area contributed by atoms with Gasteiger partial charge in [-0.05, 0) is 24.3 Å². The molecule has 100 valence electrons. The fourth-order valence-corrected chi connectivity index (χ4v) is 2.79. The molecular weight excluding hydrogens is 307 g/mol. The Morgan fingerprint density at radius 2 is 2.11 bits per heavy atom. The summed E-state index contributed by atoms with van der Waals surface area (Å²) in [6.07, 6.45) is 0.706. The van der Waals surface area contributed by atoms with Gasteiger partial charge in [0, 0.05) is 10.4 Å². The van der Waals surface area contributed by atoms with Gasteiger partial charge in [-0.2, -0.15) is 0 Å². The minimum absolute atomic E-state index is 0.337. The van der Waals surface area contributed by atoms with Crippen LogP contribution in [0.5, 0.6) is 11.5 Å². The fraction of sp³-hybridized carbons (Fsp3) is 0.154. The first-order valence-electron chi connectivity index (χ1n) is 5.33. The minimum atomic E-state index is 0.337. The Hall–Kier alpha value is -1.23. The maximum atomic E-state index is 10.8. The molecule has 1 aromatic carbocycles. The van der Waals surface area contributed by atoms with Gasteiger partial charge in [-0.15, -0.1) is 11.3 Å². The summed E-state index contributed by atoms with van der Waals surface area (Å²) >= 11 is 13.4. The molecule has 1 aromatic heterocycles. The lowest BCUT2D eigenvalue weighted by Gasteiger charge is -2.12. The molecule has 0 N–H and O–H groups in total. The lowest BCUT2D eigenvalue weighted by atomic mass is 10.2. The number of halogens is 2. The predicted molar refractivity (Wildman–Crippen MR) is 77.1 cm³/mol. The number of carbonyl (C=O) groups excluding carboxylic acids is 1. The molecule has 1 heterocycles. The highest BCUT2D eigenvalue weighted by molar-refractivity contribution is 7.16. The van der Waals surface area contributed by atoms with Crippen LogP contribution >= 0.6 is 34.5 Å². The van der Waals surface area contributed by atoms with Crippen molar-refractivity contribution >= 4 is 40.8 Å². The molecule has 6 heteroatoms. The molecule has 2 aromatic rings. The van der Waals surface area contributed by atoms with Gasteiger partial charge in [0.2, 0.25) is 0 Å². The molecule has 0 bridgehead atoms. The topological polar surface area (TPSA) is 35.5 Å². The molecule has 0 aliphatic rings. The Balaban J connectivity index is 2.21. The van der Waals surface area contributed by atoms with E-state index in [1.54, 1.807) is 12.1 Å². The predicted octanol–water partition coefficient (Wildman–Crippen LogP) is 4.46. The van der Waals surface area contributed by atoms with Crippen molar-refractivity contribution in [3.63, 3.8) is 0 Å². The largest absolute Gasteiger partial charge is 0.493 e. The van der Waals surface area contributed by atoms with Crippen molar-refractivity contribution in [2.24, 2.45) is 0 Å². The lowest BCUT2D eigenvalue weighted by molar-refractivity contribution is 0.112. The minimum Gasteiger partial charge on any atom is -0.493 e. The molecule has 2 rings (SSSR count). The summed E-state index contributed by atoms with van der Waals surface area (Å²) in [6, 6.07) is 6.80. The quantitative estimate of drug-likeness (QED) is 0.764. The zero-order valence-corrected chi connectivity index (χ0v) is 12.3. The van der Waals surface area contributed by atoms with Gasteiger partial charge in [0.15, 0.2) is 11.5 Å². The van der Waals surface area contributed by atoms with E-state index in [9.17, 15) is 4.79 Å². The Kier molecular flexibility index (Phi) is 4.69. The summed E-state index contributed by atoms with van der Waals surface area (Å²) in [5, 5.41) is 0.337. The van der Waals surface area contributed by atoms with Crippen LogP contribution < -0.4 is 9.47 Å². The van der Waals surface area contributed by atoms with Crippen LogP contribution in [0, 0.1) is 0 Å². The molecule has 19 heavy (non-hydrogen) atoms. The van der Waals surface area contributed by atoms with Crippen molar-refractivity contribution < 1.29 is 14.3 Å². The number of ether oxygens (including phenoxy) is 2. The summed E-state index contributed by atoms with van der Waals surface area (Å²) in [5.74, 6) is 0.844. The second kappa shape index (κ2) is 6.28. The monoisotopic (exact) mass is 316 g/mol. The lowest BCUT2D eigenvalue weighted by Crippen LogP contribution is -1.98. The second-order valence-corrected chi connectivity index (χ2v) is 5.85. The first kappa shape index (κ1) is 14.2. The number of aldehydes is 1. The van der Waals surface area contributed by atoms with Crippen LogP contribution in [-0.2, 0) is 6.61 Å². The number of carbonyl (C=O) groups is 1. The van der Waals surface area contributed by atoms with E-state index < -0.39 is 0 Å². The van der Waals surface area contributed by atoms with E-state index >= 15 is 0 Å². The molecular formula is C13H10Cl2O3S. The molecule has 0 amide bonds. The first-order valence-corrected chi connectivity index (χ1v) is 6.91. The van der Waals surface area contributed by atoms with Gasteiger partial charge < -0.3 is 9.47 Å². The van der Waals surface area contributed by atoms with Crippen molar-refractivity contribution in [2.45, 2.75) is 6.61 Å². The maximum Gasteiger partial charge on any atom is 0.180 e. The van der Waals surface area contributed by atoms with Crippen molar-refractivity contribution in [2.75, 3.05) is 7.11 Å². The summed E-state index contributed by atoms with van der Waals surface area (Å²) in [4.78, 5) is 11.7. The van der Waals surface area contributed by atoms with Crippen molar-refractivity contribution in [1.29, 1.82) is 0 Å². The third-order valence-corrected chi connectivity index (χ3v) is 3.86. The zero-order valence-electron chi connectivity index (χ0n) is 9.98. The van der Waals surface area contributed by atoms with Crippen LogP contribution in [0.4, 0.5) is 0 Å². The van der Waals surface area contributed by atoms with Gasteiger partial charge in [-0.25, -0.2) is 0 Å². The van der Waals surface area contributed by atoms with E-state index in [4.69, 9.17) is 32.7 Å². The molecule has 0 aliphatic heterocycles. The van der Waals surface area contributed by atoms with Gasteiger partial charge in [0.05, 0.1) is 16.5 Å². The highest BCUT2D eigenvalue weighted by Crippen LogP contribution is 2.37. The van der Waals surface area contributed by atoms with Gasteiger partial charge in [0.1, 0.15) is 12.9 Å². The van der Waals surface area contributed by atoms with E-state index in [1.807, 2.05) is 6.07 Å². The van der Waals surface area contributed by atoms with Crippen LogP contribution in [0.1, 0.15) is 15.2 Å². The standard InChI is InChI=1S/C13H10Cl2O3S/c1-17-11-5-8(6-16)4-10(14)13(11)18-7-9-2-3-12(15)19-9/h2-6H,7H2,1H3. The first-order chi connectivity index (χ1) is 9.13. The Morgan fingerprint density at radius 1 is 1.32 bits per heavy atom. The number of thiophene rings is 1. The normalized spacial score (nSPS) is 10.3. The van der Waals surface area contributed by atoms with Crippen LogP contribution in [0.15, 0.2) is 24.3 Å². The molecule has 0 saturated carbocycles. The maximum absolute atomic E-state index is 10.8. The van der Waals surface area contributed by atoms with Gasteiger partial charge in [-0.3, -0.25) is 4.79 Å². The van der Waals surface area contributed by atoms with Gasteiger partial charge in [0.25, 0.3) is 0 Å². The van der Waals surface area contributed by atoms with Gasteiger partial charge in [-0.1, -0.05) is 23.2 Å². The average molecular weight is 317 g/mol. The van der Waals surface area contributed by atoms with Gasteiger partial charge >= 0.3 is 0 Å². The van der Waals surface area contributed by atoms with Crippen LogP contribution in [0.2, 0.25) is 9.36 Å². The van der Waals surface area contributed by atoms with E-state index in [-0.39, 0.29) is 0 Å². The Morgan fingerprint density at radius 3 is 2.68 bits per heavy atom. The van der Waals surface area contributed by atoms with E-state index in [1.165, 1.54) is 24.5 Å². The molecule has 0 fully saturated rings. The summed E-state index contributed by atoms with van der Waals surface area (Å²) in [5.41, 5.74) is 0.438. The van der Waals surface area contributed by atoms with E-state index in [2.05, 4.69) is 0 Å². The summed E-state index contributed by atoms with van der Waals surface area (Å²) in [7, 11) is 1.50. The van der Waals surface area contributed by atoms with E-state index in [0.717, 1.165) is 4.88 Å². The number of methoxy groups -OCH3 is 1. The Bertz CT molecular complexity index is 596. The highest BCUT2D eigenvalue weighted by atomic mass is 35.5. The zero-order chi connectivity index (χ0) is 13.8. The van der Waals surface area contributed by atoms with Crippen LogP contribution in [0.3, 0.4) is 0 Å². The second-order valence-electron chi connectivity index (χ2n) is 3.65. The number of hydrogen-bond acceptors (Lipinski definition) is 4. The summed E-state index contributed by atoms with van der Waals surface area (Å²) in [6.45, 7) is 0.341. The number of benzene rings is 1. The number of hydrogen-bond donors (Lipinski definition) is 0. The smallest absolute Gasteiger partial charge is 0.180 e. The fourth-order valence-electron chi connectivity index (χ4n) is 1.52. The van der Waals surface area contributed by atoms with Crippen molar-refractivity contribution in [3.8, 4) is 11.5 Å². The Labute approximate surface area is 124 Å². The van der Waals surface area contributed by atoms with Crippen LogP contribution in [-0.4, -0.2) is 13.4 Å². The molecule has 0 spiro atoms. The highest BCUT2D eigenvalue weighted by Gasteiger charge is 2.12. The molecule has 3 nitrogen and oxygen atoms in total. The van der Waals surface area contributed by atoms with Crippen LogP contribution in [0.25, 0.3) is 0 Å². The average Bonchev–Trinajstić information content (AvgIpc) is 2.82. The van der Waals surface area contributed by atoms with Crippen molar-refractivity contribution in [3.05, 3.63) is 44.1 Å².